The van der Waals surface area contributed by atoms with E-state index in [0.29, 0.717) is 5.06 Å². The van der Waals surface area contributed by atoms with Crippen molar-refractivity contribution in [3.8, 4) is 0 Å². The Balaban J connectivity index is 1.56. The molecular formula is C12H18FN5O7S. The summed E-state index contributed by atoms with van der Waals surface area (Å²) in [6.45, 7) is 0.0933. The van der Waals surface area contributed by atoms with Gasteiger partial charge in [0, 0.05) is 19.5 Å². The number of hydrogen-bond donors (Lipinski definition) is 4. The maximum Gasteiger partial charge on any atom is 0.418 e. The Morgan fingerprint density at radius 2 is 1.96 bits per heavy atom. The van der Waals surface area contributed by atoms with E-state index >= 15 is 0 Å². The van der Waals surface area contributed by atoms with Crippen LogP contribution in [0.2, 0.25) is 0 Å². The summed E-state index contributed by atoms with van der Waals surface area (Å²) in [4.78, 5) is 37.4. The third kappa shape index (κ3) is 3.87. The zero-order valence-electron chi connectivity index (χ0n) is 13.4. The van der Waals surface area contributed by atoms with Crippen LogP contribution in [-0.4, -0.2) is 78.2 Å². The fourth-order valence-electron chi connectivity index (χ4n) is 3.29. The highest BCUT2D eigenvalue weighted by atomic mass is 32.3. The summed E-state index contributed by atoms with van der Waals surface area (Å²) < 4.78 is 47.7. The summed E-state index contributed by atoms with van der Waals surface area (Å²) in [6, 6.07) is -3.20. The van der Waals surface area contributed by atoms with Crippen molar-refractivity contribution in [2.75, 3.05) is 13.1 Å². The summed E-state index contributed by atoms with van der Waals surface area (Å²) in [5, 5.41) is 3.18. The number of hydrazine groups is 1. The zero-order valence-corrected chi connectivity index (χ0v) is 14.2. The first-order chi connectivity index (χ1) is 12.2. The summed E-state index contributed by atoms with van der Waals surface area (Å²) in [5.74, 6) is -1.27. The molecule has 2 bridgehead atoms. The second-order valence-electron chi connectivity index (χ2n) is 6.28. The van der Waals surface area contributed by atoms with Crippen LogP contribution in [0.1, 0.15) is 19.3 Å². The first-order valence-electron chi connectivity index (χ1n) is 7.89. The third-order valence-electron chi connectivity index (χ3n) is 4.50. The van der Waals surface area contributed by atoms with Crippen LogP contribution in [-0.2, 0) is 24.3 Å². The van der Waals surface area contributed by atoms with E-state index in [1.807, 2.05) is 0 Å². The molecule has 4 N–H and O–H groups in total. The molecule has 0 aliphatic carbocycles. The van der Waals surface area contributed by atoms with E-state index in [0.717, 1.165) is 4.90 Å². The van der Waals surface area contributed by atoms with Gasteiger partial charge in [0.1, 0.15) is 12.2 Å². The lowest BCUT2D eigenvalue weighted by atomic mass is 10.0. The van der Waals surface area contributed by atoms with Gasteiger partial charge < -0.3 is 10.2 Å². The molecular weight excluding hydrogens is 377 g/mol. The topological polar surface area (TPSA) is 157 Å². The molecule has 4 amide bonds. The number of piperidine rings is 1. The number of fused-ring (bicyclic) bond motifs is 2. The van der Waals surface area contributed by atoms with Gasteiger partial charge in [0.25, 0.3) is 11.8 Å². The van der Waals surface area contributed by atoms with Gasteiger partial charge in [-0.2, -0.15) is 13.5 Å². The second-order valence-corrected chi connectivity index (χ2v) is 7.29. The first kappa shape index (κ1) is 18.8. The molecule has 3 saturated heterocycles. The maximum atomic E-state index is 13.1. The molecule has 0 aromatic heterocycles. The van der Waals surface area contributed by atoms with E-state index in [1.54, 1.807) is 0 Å². The van der Waals surface area contributed by atoms with Crippen LogP contribution in [0.4, 0.5) is 9.18 Å². The highest BCUT2D eigenvalue weighted by molar-refractivity contribution is 7.80. The number of hydrogen-bond acceptors (Lipinski definition) is 7. The molecule has 12 nitrogen and oxygen atoms in total. The third-order valence-corrected chi connectivity index (χ3v) is 4.85. The fourth-order valence-corrected chi connectivity index (χ4v) is 3.68. The quantitative estimate of drug-likeness (QED) is 0.310. The van der Waals surface area contributed by atoms with Gasteiger partial charge in [-0.15, -0.1) is 4.28 Å². The van der Waals surface area contributed by atoms with Gasteiger partial charge in [-0.1, -0.05) is 0 Å². The monoisotopic (exact) mass is 395 g/mol. The minimum absolute atomic E-state index is 0.000639. The zero-order chi connectivity index (χ0) is 19.1. The summed E-state index contributed by atoms with van der Waals surface area (Å²) in [7, 11) is -4.87. The average molecular weight is 395 g/mol. The van der Waals surface area contributed by atoms with Gasteiger partial charge in [0.15, 0.2) is 0 Å². The van der Waals surface area contributed by atoms with Gasteiger partial charge in [-0.05, 0) is 12.8 Å². The van der Waals surface area contributed by atoms with Gasteiger partial charge >= 0.3 is 16.4 Å². The van der Waals surface area contributed by atoms with Crippen molar-refractivity contribution in [2.24, 2.45) is 0 Å². The Labute approximate surface area is 147 Å². The van der Waals surface area contributed by atoms with E-state index in [2.05, 4.69) is 20.5 Å². The standard InChI is InChI=1S/C12H18FN5O7S/c13-6-3-8(14-4-6)10(19)15-16-11(20)9-2-1-7-5-17(9)12(21)18(7)25-26(22,23)24/h6-9,14H,1-5H2,(H,15,19)(H,16,20)(H,22,23,24)/t6-,7+,8-,9?/m0/s1. The molecule has 3 rings (SSSR count). The number of hydroxylamine groups is 2. The normalized spacial score (nSPS) is 31.2. The van der Waals surface area contributed by atoms with Crippen molar-refractivity contribution < 1.29 is 36.0 Å². The summed E-state index contributed by atoms with van der Waals surface area (Å²) in [6.07, 6.45) is -0.665. The number of nitrogens with one attached hydrogen (secondary N) is 3. The Bertz CT molecular complexity index is 719. The van der Waals surface area contributed by atoms with Crippen LogP contribution in [0.3, 0.4) is 0 Å². The Morgan fingerprint density at radius 3 is 2.58 bits per heavy atom. The molecule has 146 valence electrons. The number of carbonyl (C=O) groups is 3. The Kier molecular flexibility index (Phi) is 5.01. The van der Waals surface area contributed by atoms with Crippen LogP contribution in [0.15, 0.2) is 0 Å². The SMILES string of the molecule is O=C(NNC(=O)[C@@H]1C[C@H](F)CN1)C1CC[C@@H]2CN1C(=O)N2OS(=O)(=O)O. The molecule has 14 heteroatoms. The van der Waals surface area contributed by atoms with E-state index in [-0.39, 0.29) is 32.4 Å². The van der Waals surface area contributed by atoms with E-state index in [1.165, 1.54) is 0 Å². The van der Waals surface area contributed by atoms with Gasteiger partial charge in [-0.3, -0.25) is 25.0 Å². The van der Waals surface area contributed by atoms with Crippen molar-refractivity contribution >= 4 is 28.2 Å². The highest BCUT2D eigenvalue weighted by Gasteiger charge is 2.49. The van der Waals surface area contributed by atoms with Crippen LogP contribution in [0.25, 0.3) is 0 Å². The van der Waals surface area contributed by atoms with Gasteiger partial charge in [0.2, 0.25) is 0 Å². The molecule has 3 heterocycles. The molecule has 3 aliphatic rings. The molecule has 0 spiro atoms. The van der Waals surface area contributed by atoms with Crippen molar-refractivity contribution in [1.82, 2.24) is 26.1 Å². The van der Waals surface area contributed by atoms with Crippen LogP contribution in [0.5, 0.6) is 0 Å². The van der Waals surface area contributed by atoms with Crippen molar-refractivity contribution in [3.05, 3.63) is 0 Å². The molecule has 1 unspecified atom stereocenters. The molecule has 3 fully saturated rings. The lowest BCUT2D eigenvalue weighted by molar-refractivity contribution is -0.132. The minimum Gasteiger partial charge on any atom is -0.309 e. The summed E-state index contributed by atoms with van der Waals surface area (Å²) in [5.41, 5.74) is 4.37. The number of amides is 4. The molecule has 4 atom stereocenters. The van der Waals surface area contributed by atoms with Gasteiger partial charge in [0.05, 0.1) is 12.1 Å². The number of rotatable bonds is 4. The predicted molar refractivity (Wildman–Crippen MR) is 81.0 cm³/mol. The number of halogens is 1. The average Bonchev–Trinajstić information content (AvgIpc) is 3.09. The maximum absolute atomic E-state index is 13.1. The van der Waals surface area contributed by atoms with Crippen LogP contribution in [0, 0.1) is 0 Å². The molecule has 26 heavy (non-hydrogen) atoms. The van der Waals surface area contributed by atoms with Crippen molar-refractivity contribution in [3.63, 3.8) is 0 Å². The van der Waals surface area contributed by atoms with Gasteiger partial charge in [-0.25, -0.2) is 9.18 Å². The number of nitrogens with zero attached hydrogens (tertiary/aromatic N) is 2. The summed E-state index contributed by atoms with van der Waals surface area (Å²) >= 11 is 0. The van der Waals surface area contributed by atoms with Crippen molar-refractivity contribution in [2.45, 2.75) is 43.6 Å². The van der Waals surface area contributed by atoms with Crippen molar-refractivity contribution in [1.29, 1.82) is 0 Å². The van der Waals surface area contributed by atoms with E-state index in [4.69, 9.17) is 4.55 Å². The molecule has 0 aromatic rings. The molecule has 0 radical (unpaired) electrons. The molecule has 0 saturated carbocycles. The first-order valence-corrected chi connectivity index (χ1v) is 9.26. The lowest BCUT2D eigenvalue weighted by Crippen LogP contribution is -2.56. The largest absolute Gasteiger partial charge is 0.418 e. The van der Waals surface area contributed by atoms with E-state index < -0.39 is 52.5 Å². The second kappa shape index (κ2) is 6.94. The number of alkyl halides is 1. The van der Waals surface area contributed by atoms with Crippen LogP contribution < -0.4 is 16.2 Å². The van der Waals surface area contributed by atoms with Crippen LogP contribution >= 0.6 is 0 Å². The molecule has 0 aromatic carbocycles. The molecule has 3 aliphatic heterocycles. The Morgan fingerprint density at radius 1 is 1.27 bits per heavy atom. The predicted octanol–water partition coefficient (Wildman–Crippen LogP) is -2.16. The Hall–Kier alpha value is -2.03. The number of urea groups is 1. The fraction of sp³-hybridized carbons (Fsp3) is 0.750. The lowest BCUT2D eigenvalue weighted by Gasteiger charge is -2.29. The van der Waals surface area contributed by atoms with E-state index in [9.17, 15) is 27.2 Å². The smallest absolute Gasteiger partial charge is 0.309 e. The number of carbonyl (C=O) groups excluding carboxylic acids is 3. The highest BCUT2D eigenvalue weighted by Crippen LogP contribution is 2.30. The minimum atomic E-state index is -4.87.